The number of benzene rings is 1. The van der Waals surface area contributed by atoms with Crippen LogP contribution in [0, 0.1) is 6.92 Å². The summed E-state index contributed by atoms with van der Waals surface area (Å²) in [6, 6.07) is 7.62. The van der Waals surface area contributed by atoms with Crippen LogP contribution in [0.2, 0.25) is 0 Å². The van der Waals surface area contributed by atoms with Gasteiger partial charge in [0, 0.05) is 43.3 Å². The standard InChI is InChI=1S/C18H19N5O2S/c1-15-2-4-16(5-3-15)6-13-26(24,25)22-10-12-23-11-9-21-18(23)17-14-19-7-8-20-17/h2-9,11,13-14,22H,10,12H2,1H3. The highest BCUT2D eigenvalue weighted by Gasteiger charge is 2.09. The minimum atomic E-state index is -3.51. The Hall–Kier alpha value is -2.84. The van der Waals surface area contributed by atoms with Gasteiger partial charge < -0.3 is 4.57 Å². The van der Waals surface area contributed by atoms with Crippen LogP contribution in [0.25, 0.3) is 17.6 Å². The Labute approximate surface area is 152 Å². The summed E-state index contributed by atoms with van der Waals surface area (Å²) in [4.78, 5) is 12.5. The Balaban J connectivity index is 1.59. The van der Waals surface area contributed by atoms with Crippen LogP contribution in [-0.4, -0.2) is 34.5 Å². The van der Waals surface area contributed by atoms with Crippen molar-refractivity contribution in [3.05, 3.63) is 71.8 Å². The minimum absolute atomic E-state index is 0.240. The zero-order valence-electron chi connectivity index (χ0n) is 14.3. The molecule has 3 rings (SSSR count). The molecule has 0 aliphatic rings. The van der Waals surface area contributed by atoms with E-state index in [1.165, 1.54) is 5.41 Å². The zero-order chi connectivity index (χ0) is 18.4. The zero-order valence-corrected chi connectivity index (χ0v) is 15.1. The molecule has 0 fully saturated rings. The molecule has 0 unspecified atom stereocenters. The number of hydrogen-bond acceptors (Lipinski definition) is 5. The van der Waals surface area contributed by atoms with E-state index in [4.69, 9.17) is 0 Å². The molecule has 8 heteroatoms. The van der Waals surface area contributed by atoms with E-state index in [9.17, 15) is 8.42 Å². The van der Waals surface area contributed by atoms with Crippen LogP contribution in [0.3, 0.4) is 0 Å². The van der Waals surface area contributed by atoms with Crippen LogP contribution >= 0.6 is 0 Å². The second kappa shape index (κ2) is 8.03. The first-order valence-corrected chi connectivity index (χ1v) is 9.60. The maximum atomic E-state index is 12.1. The Kier molecular flexibility index (Phi) is 5.55. The fourth-order valence-electron chi connectivity index (χ4n) is 2.34. The van der Waals surface area contributed by atoms with Gasteiger partial charge in [-0.2, -0.15) is 0 Å². The minimum Gasteiger partial charge on any atom is -0.328 e. The SMILES string of the molecule is Cc1ccc(C=CS(=O)(=O)NCCn2ccnc2-c2cnccn2)cc1. The molecule has 0 atom stereocenters. The number of aryl methyl sites for hydroxylation is 1. The first kappa shape index (κ1) is 18.0. The predicted octanol–water partition coefficient (Wildman–Crippen LogP) is 2.24. The molecule has 7 nitrogen and oxygen atoms in total. The maximum Gasteiger partial charge on any atom is 0.233 e. The topological polar surface area (TPSA) is 89.8 Å². The molecular formula is C18H19N5O2S. The molecule has 2 heterocycles. The highest BCUT2D eigenvalue weighted by atomic mass is 32.2. The Morgan fingerprint density at radius 3 is 2.65 bits per heavy atom. The lowest BCUT2D eigenvalue weighted by Gasteiger charge is -2.07. The molecule has 0 aliphatic heterocycles. The highest BCUT2D eigenvalue weighted by molar-refractivity contribution is 7.92. The number of hydrogen-bond donors (Lipinski definition) is 1. The van der Waals surface area contributed by atoms with Crippen LogP contribution in [0.4, 0.5) is 0 Å². The largest absolute Gasteiger partial charge is 0.328 e. The average Bonchev–Trinajstić information content (AvgIpc) is 3.10. The number of aromatic nitrogens is 4. The lowest BCUT2D eigenvalue weighted by Crippen LogP contribution is -2.25. The summed E-state index contributed by atoms with van der Waals surface area (Å²) in [5, 5.41) is 1.18. The van der Waals surface area contributed by atoms with Crippen molar-refractivity contribution in [2.24, 2.45) is 0 Å². The van der Waals surface area contributed by atoms with E-state index in [2.05, 4.69) is 19.7 Å². The van der Waals surface area contributed by atoms with E-state index in [-0.39, 0.29) is 6.54 Å². The van der Waals surface area contributed by atoms with E-state index in [0.717, 1.165) is 11.1 Å². The van der Waals surface area contributed by atoms with Crippen LogP contribution in [-0.2, 0) is 16.6 Å². The smallest absolute Gasteiger partial charge is 0.233 e. The third-order valence-electron chi connectivity index (χ3n) is 3.68. The van der Waals surface area contributed by atoms with E-state index in [0.29, 0.717) is 18.1 Å². The summed E-state index contributed by atoms with van der Waals surface area (Å²) < 4.78 is 28.6. The van der Waals surface area contributed by atoms with Gasteiger partial charge in [0.25, 0.3) is 0 Å². The molecule has 0 saturated carbocycles. The molecule has 2 aromatic heterocycles. The molecule has 0 saturated heterocycles. The van der Waals surface area contributed by atoms with Gasteiger partial charge in [-0.15, -0.1) is 0 Å². The van der Waals surface area contributed by atoms with Gasteiger partial charge in [-0.05, 0) is 18.6 Å². The maximum absolute atomic E-state index is 12.1. The molecule has 134 valence electrons. The lowest BCUT2D eigenvalue weighted by atomic mass is 10.2. The highest BCUT2D eigenvalue weighted by Crippen LogP contribution is 2.12. The molecule has 0 amide bonds. The lowest BCUT2D eigenvalue weighted by molar-refractivity contribution is 0.582. The van der Waals surface area contributed by atoms with Crippen molar-refractivity contribution in [3.8, 4) is 11.5 Å². The van der Waals surface area contributed by atoms with Crippen molar-refractivity contribution in [2.75, 3.05) is 6.54 Å². The third kappa shape index (κ3) is 4.84. The van der Waals surface area contributed by atoms with E-state index < -0.39 is 10.0 Å². The quantitative estimate of drug-likeness (QED) is 0.690. The van der Waals surface area contributed by atoms with Gasteiger partial charge in [0.05, 0.1) is 6.20 Å². The van der Waals surface area contributed by atoms with Gasteiger partial charge in [-0.1, -0.05) is 29.8 Å². The van der Waals surface area contributed by atoms with Gasteiger partial charge in [0.2, 0.25) is 10.0 Å². The second-order valence-electron chi connectivity index (χ2n) is 5.69. The Morgan fingerprint density at radius 2 is 1.92 bits per heavy atom. The van der Waals surface area contributed by atoms with Crippen molar-refractivity contribution in [1.29, 1.82) is 0 Å². The monoisotopic (exact) mass is 369 g/mol. The van der Waals surface area contributed by atoms with E-state index in [1.54, 1.807) is 37.1 Å². The summed E-state index contributed by atoms with van der Waals surface area (Å²) >= 11 is 0. The number of nitrogens with one attached hydrogen (secondary N) is 1. The van der Waals surface area contributed by atoms with Crippen LogP contribution in [0.1, 0.15) is 11.1 Å². The van der Waals surface area contributed by atoms with Gasteiger partial charge in [-0.25, -0.2) is 23.1 Å². The van der Waals surface area contributed by atoms with Gasteiger partial charge in [0.1, 0.15) is 5.69 Å². The fourth-order valence-corrected chi connectivity index (χ4v) is 3.15. The molecule has 1 aromatic carbocycles. The Bertz CT molecular complexity index is 980. The molecule has 0 radical (unpaired) electrons. The summed E-state index contributed by atoms with van der Waals surface area (Å²) in [5.41, 5.74) is 2.60. The first-order valence-electron chi connectivity index (χ1n) is 8.05. The molecule has 0 bridgehead atoms. The molecular weight excluding hydrogens is 350 g/mol. The number of imidazole rings is 1. The van der Waals surface area contributed by atoms with Crippen molar-refractivity contribution in [1.82, 2.24) is 24.2 Å². The second-order valence-corrected chi connectivity index (χ2v) is 7.34. The molecule has 26 heavy (non-hydrogen) atoms. The van der Waals surface area contributed by atoms with Crippen molar-refractivity contribution in [3.63, 3.8) is 0 Å². The molecule has 1 N–H and O–H groups in total. The van der Waals surface area contributed by atoms with Gasteiger partial charge in [-0.3, -0.25) is 4.98 Å². The van der Waals surface area contributed by atoms with Gasteiger partial charge in [0.15, 0.2) is 5.82 Å². The first-order chi connectivity index (χ1) is 12.5. The molecule has 0 spiro atoms. The summed E-state index contributed by atoms with van der Waals surface area (Å²) in [7, 11) is -3.51. The normalized spacial score (nSPS) is 11.9. The number of nitrogens with zero attached hydrogens (tertiary/aromatic N) is 4. The number of rotatable bonds is 7. The van der Waals surface area contributed by atoms with Crippen LogP contribution in [0.15, 0.2) is 60.7 Å². The summed E-state index contributed by atoms with van der Waals surface area (Å²) in [5.74, 6) is 0.646. The van der Waals surface area contributed by atoms with E-state index >= 15 is 0 Å². The summed E-state index contributed by atoms with van der Waals surface area (Å²) in [6.45, 7) is 2.66. The van der Waals surface area contributed by atoms with Crippen molar-refractivity contribution in [2.45, 2.75) is 13.5 Å². The van der Waals surface area contributed by atoms with Crippen molar-refractivity contribution >= 4 is 16.1 Å². The fraction of sp³-hybridized carbons (Fsp3) is 0.167. The van der Waals surface area contributed by atoms with Crippen molar-refractivity contribution < 1.29 is 8.42 Å². The third-order valence-corrected chi connectivity index (χ3v) is 4.78. The summed E-state index contributed by atoms with van der Waals surface area (Å²) in [6.07, 6.45) is 9.80. The van der Waals surface area contributed by atoms with E-state index in [1.807, 2.05) is 35.8 Å². The van der Waals surface area contributed by atoms with Gasteiger partial charge >= 0.3 is 0 Å². The molecule has 3 aromatic rings. The van der Waals surface area contributed by atoms with Crippen LogP contribution < -0.4 is 4.72 Å². The van der Waals surface area contributed by atoms with Crippen LogP contribution in [0.5, 0.6) is 0 Å². The molecule has 0 aliphatic carbocycles. The number of sulfonamides is 1. The average molecular weight is 369 g/mol. The Morgan fingerprint density at radius 1 is 1.12 bits per heavy atom. The predicted molar refractivity (Wildman–Crippen MR) is 100 cm³/mol.